The highest BCUT2D eigenvalue weighted by Gasteiger charge is 2.26. The summed E-state index contributed by atoms with van der Waals surface area (Å²) in [4.78, 5) is 33.2. The van der Waals surface area contributed by atoms with Crippen LogP contribution in [0.4, 0.5) is 0 Å². The Morgan fingerprint density at radius 1 is 1.27 bits per heavy atom. The van der Waals surface area contributed by atoms with Crippen LogP contribution in [0.15, 0.2) is 63.1 Å². The van der Waals surface area contributed by atoms with E-state index in [-0.39, 0.29) is 17.2 Å². The van der Waals surface area contributed by atoms with E-state index < -0.39 is 0 Å². The number of carbonyl (C=O) groups is 1. The smallest absolute Gasteiger partial charge is 0.267 e. The van der Waals surface area contributed by atoms with Crippen molar-refractivity contribution in [2.45, 2.75) is 44.3 Å². The summed E-state index contributed by atoms with van der Waals surface area (Å²) in [5, 5.41) is 4.14. The second kappa shape index (κ2) is 9.57. The Balaban J connectivity index is 1.49. The maximum absolute atomic E-state index is 13.8. The van der Waals surface area contributed by atoms with Crippen molar-refractivity contribution >= 4 is 39.2 Å². The predicted octanol–water partition coefficient (Wildman–Crippen LogP) is 4.96. The zero-order valence-corrected chi connectivity index (χ0v) is 20.0. The lowest BCUT2D eigenvalue weighted by Gasteiger charge is -2.20. The van der Waals surface area contributed by atoms with E-state index in [2.05, 4.69) is 12.2 Å². The van der Waals surface area contributed by atoms with Crippen molar-refractivity contribution in [2.24, 2.45) is 5.92 Å². The van der Waals surface area contributed by atoms with Gasteiger partial charge < -0.3 is 9.73 Å². The van der Waals surface area contributed by atoms with E-state index in [0.29, 0.717) is 23.4 Å². The second-order valence-electron chi connectivity index (χ2n) is 8.22. The molecule has 1 aliphatic rings. The van der Waals surface area contributed by atoms with Crippen LogP contribution in [0.5, 0.6) is 0 Å². The quantitative estimate of drug-likeness (QED) is 0.299. The highest BCUT2D eigenvalue weighted by molar-refractivity contribution is 7.99. The molecule has 1 aromatic carbocycles. The van der Waals surface area contributed by atoms with E-state index in [9.17, 15) is 9.59 Å². The van der Waals surface area contributed by atoms with Gasteiger partial charge in [-0.25, -0.2) is 4.98 Å². The Morgan fingerprint density at radius 3 is 2.88 bits per heavy atom. The molecule has 1 N–H and O–H groups in total. The molecule has 4 aromatic rings. The minimum atomic E-state index is -0.137. The number of thiophene rings is 1. The number of carbonyl (C=O) groups excluding carboxylic acids is 1. The van der Waals surface area contributed by atoms with Gasteiger partial charge in [0.15, 0.2) is 5.16 Å². The number of para-hydroxylation sites is 1. The van der Waals surface area contributed by atoms with Gasteiger partial charge in [0.2, 0.25) is 5.91 Å². The number of fused-ring (bicyclic) bond motifs is 3. The lowest BCUT2D eigenvalue weighted by Crippen LogP contribution is -2.26. The molecule has 1 atom stereocenters. The number of aromatic nitrogens is 2. The first kappa shape index (κ1) is 22.0. The van der Waals surface area contributed by atoms with Crippen LogP contribution in [0.3, 0.4) is 0 Å². The molecule has 1 amide bonds. The molecular formula is C25H25N3O3S2. The molecule has 5 rings (SSSR count). The first-order valence-corrected chi connectivity index (χ1v) is 13.0. The van der Waals surface area contributed by atoms with Crippen LogP contribution in [0.2, 0.25) is 0 Å². The maximum atomic E-state index is 13.8. The molecule has 170 valence electrons. The van der Waals surface area contributed by atoms with Crippen molar-refractivity contribution in [3.05, 3.63) is 75.3 Å². The lowest BCUT2D eigenvalue weighted by molar-refractivity contribution is -0.118. The van der Waals surface area contributed by atoms with Crippen molar-refractivity contribution in [2.75, 3.05) is 5.75 Å². The maximum Gasteiger partial charge on any atom is 0.267 e. The number of hydrogen-bond donors (Lipinski definition) is 1. The Labute approximate surface area is 200 Å². The molecule has 1 aliphatic carbocycles. The van der Waals surface area contributed by atoms with Crippen molar-refractivity contribution in [3.63, 3.8) is 0 Å². The molecule has 3 heterocycles. The monoisotopic (exact) mass is 479 g/mol. The molecular weight excluding hydrogens is 454 g/mol. The standard InChI is InChI=1S/C25H25N3O3S2/c1-2-16-10-11-19-20(13-16)33-23-22(19)24(30)28(17-7-4-3-5-8-17)25(27-23)32-15-21(29)26-14-18-9-6-12-31-18/h3-9,12,16H,2,10-11,13-15H2,1H3,(H,26,29)/t16-/m1/s1. The summed E-state index contributed by atoms with van der Waals surface area (Å²) in [6.45, 7) is 2.57. The van der Waals surface area contributed by atoms with Gasteiger partial charge in [-0.05, 0) is 55.0 Å². The number of thioether (sulfide) groups is 1. The summed E-state index contributed by atoms with van der Waals surface area (Å²) >= 11 is 2.93. The van der Waals surface area contributed by atoms with Crippen LogP contribution < -0.4 is 10.9 Å². The van der Waals surface area contributed by atoms with Crippen molar-refractivity contribution in [1.29, 1.82) is 0 Å². The molecule has 0 saturated heterocycles. The molecule has 6 nitrogen and oxygen atoms in total. The summed E-state index contributed by atoms with van der Waals surface area (Å²) in [5.74, 6) is 1.40. The zero-order chi connectivity index (χ0) is 22.8. The Bertz CT molecular complexity index is 1330. The van der Waals surface area contributed by atoms with Gasteiger partial charge >= 0.3 is 0 Å². The van der Waals surface area contributed by atoms with Crippen LogP contribution in [-0.2, 0) is 24.2 Å². The van der Waals surface area contributed by atoms with Crippen molar-refractivity contribution in [3.8, 4) is 5.69 Å². The summed E-state index contributed by atoms with van der Waals surface area (Å²) in [7, 11) is 0. The molecule has 0 spiro atoms. The van der Waals surface area contributed by atoms with E-state index in [1.54, 1.807) is 28.2 Å². The van der Waals surface area contributed by atoms with Gasteiger partial charge in [0.25, 0.3) is 5.56 Å². The summed E-state index contributed by atoms with van der Waals surface area (Å²) in [6, 6.07) is 13.2. The molecule has 0 fully saturated rings. The zero-order valence-electron chi connectivity index (χ0n) is 18.4. The number of benzene rings is 1. The van der Waals surface area contributed by atoms with Gasteiger partial charge in [0, 0.05) is 4.88 Å². The van der Waals surface area contributed by atoms with Crippen molar-refractivity contribution < 1.29 is 9.21 Å². The Hall–Kier alpha value is -2.84. The fourth-order valence-electron chi connectivity index (χ4n) is 4.30. The summed E-state index contributed by atoms with van der Waals surface area (Å²) in [6.07, 6.45) is 5.81. The van der Waals surface area contributed by atoms with E-state index in [1.165, 1.54) is 22.2 Å². The van der Waals surface area contributed by atoms with E-state index >= 15 is 0 Å². The van der Waals surface area contributed by atoms with Gasteiger partial charge in [-0.1, -0.05) is 43.3 Å². The van der Waals surface area contributed by atoms with Crippen LogP contribution in [0, 0.1) is 5.92 Å². The summed E-state index contributed by atoms with van der Waals surface area (Å²) < 4.78 is 6.92. The third-order valence-corrected chi connectivity index (χ3v) is 8.21. The third kappa shape index (κ3) is 4.50. The van der Waals surface area contributed by atoms with Crippen LogP contribution in [0.25, 0.3) is 15.9 Å². The normalized spacial score (nSPS) is 15.5. The predicted molar refractivity (Wildman–Crippen MR) is 132 cm³/mol. The van der Waals surface area contributed by atoms with Gasteiger partial charge in [0.1, 0.15) is 10.6 Å². The van der Waals surface area contributed by atoms with Crippen LogP contribution >= 0.6 is 23.1 Å². The number of nitrogens with one attached hydrogen (secondary N) is 1. The minimum absolute atomic E-state index is 0.0443. The Kier molecular flexibility index (Phi) is 6.37. The topological polar surface area (TPSA) is 77.1 Å². The first-order valence-electron chi connectivity index (χ1n) is 11.2. The number of furan rings is 1. The minimum Gasteiger partial charge on any atom is -0.467 e. The van der Waals surface area contributed by atoms with Crippen LogP contribution in [-0.4, -0.2) is 21.2 Å². The van der Waals surface area contributed by atoms with E-state index in [0.717, 1.165) is 41.6 Å². The van der Waals surface area contributed by atoms with Crippen LogP contribution in [0.1, 0.15) is 36.0 Å². The average Bonchev–Trinajstić information content (AvgIpc) is 3.49. The largest absolute Gasteiger partial charge is 0.467 e. The second-order valence-corrected chi connectivity index (χ2v) is 10.2. The fraction of sp³-hybridized carbons (Fsp3) is 0.320. The number of aryl methyl sites for hydroxylation is 1. The van der Waals surface area contributed by atoms with Gasteiger partial charge in [0.05, 0.1) is 29.6 Å². The lowest BCUT2D eigenvalue weighted by atomic mass is 9.86. The SMILES string of the molecule is CC[C@@H]1CCc2c(sc3nc(SCC(=O)NCc4ccco4)n(-c4ccccc4)c(=O)c23)C1. The molecule has 8 heteroatoms. The van der Waals surface area contributed by atoms with Gasteiger partial charge in [-0.15, -0.1) is 11.3 Å². The Morgan fingerprint density at radius 2 is 2.12 bits per heavy atom. The number of amides is 1. The molecule has 33 heavy (non-hydrogen) atoms. The third-order valence-electron chi connectivity index (χ3n) is 6.12. The van der Waals surface area contributed by atoms with E-state index in [4.69, 9.17) is 9.40 Å². The number of hydrogen-bond acceptors (Lipinski definition) is 6. The first-order chi connectivity index (χ1) is 16.1. The highest BCUT2D eigenvalue weighted by atomic mass is 32.2. The molecule has 0 unspecified atom stereocenters. The summed E-state index contributed by atoms with van der Waals surface area (Å²) in [5.41, 5.74) is 1.89. The molecule has 0 saturated carbocycles. The number of nitrogens with zero attached hydrogens (tertiary/aromatic N) is 2. The highest BCUT2D eigenvalue weighted by Crippen LogP contribution is 2.37. The van der Waals surface area contributed by atoms with Crippen molar-refractivity contribution in [1.82, 2.24) is 14.9 Å². The average molecular weight is 480 g/mol. The molecule has 0 radical (unpaired) electrons. The molecule has 0 bridgehead atoms. The molecule has 3 aromatic heterocycles. The molecule has 0 aliphatic heterocycles. The van der Waals surface area contributed by atoms with Gasteiger partial charge in [-0.3, -0.25) is 14.2 Å². The number of rotatable bonds is 7. The van der Waals surface area contributed by atoms with Gasteiger partial charge in [-0.2, -0.15) is 0 Å². The fourth-order valence-corrected chi connectivity index (χ4v) is 6.52. The van der Waals surface area contributed by atoms with E-state index in [1.807, 2.05) is 36.4 Å².